The summed E-state index contributed by atoms with van der Waals surface area (Å²) in [6.07, 6.45) is 1.48. The van der Waals surface area contributed by atoms with Gasteiger partial charge in [0, 0.05) is 5.71 Å². The highest BCUT2D eigenvalue weighted by molar-refractivity contribution is 7.92. The largest absolute Gasteiger partial charge is 0.497 e. The number of benzene rings is 3. The molecule has 1 amide bonds. The zero-order valence-electron chi connectivity index (χ0n) is 19.6. The molecule has 8 heteroatoms. The molecule has 3 rings (SSSR count). The summed E-state index contributed by atoms with van der Waals surface area (Å²) in [5.74, 6) is 0.00983. The molecule has 0 aliphatic carbocycles. The van der Waals surface area contributed by atoms with Crippen molar-refractivity contribution in [3.63, 3.8) is 0 Å². The van der Waals surface area contributed by atoms with Crippen molar-refractivity contribution in [1.82, 2.24) is 5.43 Å². The van der Waals surface area contributed by atoms with Gasteiger partial charge >= 0.3 is 0 Å². The summed E-state index contributed by atoms with van der Waals surface area (Å²) in [5.41, 5.74) is 5.79. The van der Waals surface area contributed by atoms with Crippen LogP contribution < -0.4 is 14.5 Å². The van der Waals surface area contributed by atoms with E-state index in [4.69, 9.17) is 4.74 Å². The Morgan fingerprint density at radius 3 is 2.24 bits per heavy atom. The number of amides is 1. The molecule has 0 fully saturated rings. The Morgan fingerprint density at radius 1 is 0.971 bits per heavy atom. The lowest BCUT2D eigenvalue weighted by Crippen LogP contribution is -2.39. The van der Waals surface area contributed by atoms with Gasteiger partial charge in [-0.15, -0.1) is 0 Å². The van der Waals surface area contributed by atoms with Gasteiger partial charge in [-0.1, -0.05) is 48.0 Å². The Kier molecular flexibility index (Phi) is 8.43. The molecule has 0 atom stereocenters. The van der Waals surface area contributed by atoms with E-state index in [-0.39, 0.29) is 4.90 Å². The van der Waals surface area contributed by atoms with Crippen molar-refractivity contribution < 1.29 is 17.9 Å². The monoisotopic (exact) mass is 479 g/mol. The molecule has 0 radical (unpaired) electrons. The number of nitrogens with one attached hydrogen (secondary N) is 1. The molecule has 3 aromatic rings. The smallest absolute Gasteiger partial charge is 0.264 e. The highest BCUT2D eigenvalue weighted by Gasteiger charge is 2.27. The highest BCUT2D eigenvalue weighted by Crippen LogP contribution is 2.25. The van der Waals surface area contributed by atoms with E-state index in [2.05, 4.69) is 10.5 Å². The van der Waals surface area contributed by atoms with Crippen LogP contribution in [0.2, 0.25) is 0 Å². The van der Waals surface area contributed by atoms with Gasteiger partial charge in [0.15, 0.2) is 0 Å². The minimum absolute atomic E-state index is 0.0595. The summed E-state index contributed by atoms with van der Waals surface area (Å²) in [6.45, 7) is 3.33. The minimum atomic E-state index is -4.00. The predicted octanol–water partition coefficient (Wildman–Crippen LogP) is 4.32. The van der Waals surface area contributed by atoms with Gasteiger partial charge in [0.2, 0.25) is 0 Å². The molecule has 0 saturated heterocycles. The number of ether oxygens (including phenoxy) is 1. The van der Waals surface area contributed by atoms with Gasteiger partial charge in [-0.2, -0.15) is 5.10 Å². The number of carbonyl (C=O) groups is 1. The molecule has 178 valence electrons. The van der Waals surface area contributed by atoms with Crippen molar-refractivity contribution in [1.29, 1.82) is 0 Å². The topological polar surface area (TPSA) is 88.1 Å². The number of aryl methyl sites for hydroxylation is 2. The molecule has 0 aliphatic heterocycles. The maximum absolute atomic E-state index is 13.4. The summed E-state index contributed by atoms with van der Waals surface area (Å²) in [4.78, 5) is 12.8. The average Bonchev–Trinajstić information content (AvgIpc) is 2.86. The van der Waals surface area contributed by atoms with E-state index in [1.165, 1.54) is 24.8 Å². The van der Waals surface area contributed by atoms with Gasteiger partial charge in [-0.3, -0.25) is 9.10 Å². The first-order valence-corrected chi connectivity index (χ1v) is 12.3. The number of sulfonamides is 1. The number of anilines is 1. The van der Waals surface area contributed by atoms with Crippen LogP contribution in [0, 0.1) is 6.92 Å². The van der Waals surface area contributed by atoms with Gasteiger partial charge in [0.05, 0.1) is 17.7 Å². The third-order valence-electron chi connectivity index (χ3n) is 5.25. The minimum Gasteiger partial charge on any atom is -0.497 e. The lowest BCUT2D eigenvalue weighted by Gasteiger charge is -2.24. The number of nitrogens with zero attached hydrogens (tertiary/aromatic N) is 2. The third-order valence-corrected chi connectivity index (χ3v) is 7.03. The Hall–Kier alpha value is -3.65. The lowest BCUT2D eigenvalue weighted by molar-refractivity contribution is -0.119. The summed E-state index contributed by atoms with van der Waals surface area (Å²) in [7, 11) is -2.49. The Balaban J connectivity index is 1.75. The SMILES string of the molecule is COc1ccc(S(=O)(=O)N(CC(=O)N/N=C(/C)CCc2ccccc2)c2ccc(C)cc2)cc1. The van der Waals surface area contributed by atoms with E-state index in [1.54, 1.807) is 36.4 Å². The number of hydrogen-bond donors (Lipinski definition) is 1. The molecular formula is C26H29N3O4S. The van der Waals surface area contributed by atoms with Gasteiger partial charge in [-0.05, 0) is 68.7 Å². The molecule has 34 heavy (non-hydrogen) atoms. The van der Waals surface area contributed by atoms with Crippen molar-refractivity contribution in [3.05, 3.63) is 90.0 Å². The van der Waals surface area contributed by atoms with E-state index in [0.29, 0.717) is 17.9 Å². The van der Waals surface area contributed by atoms with Gasteiger partial charge < -0.3 is 4.74 Å². The van der Waals surface area contributed by atoms with Crippen LogP contribution in [-0.2, 0) is 21.2 Å². The van der Waals surface area contributed by atoms with E-state index in [9.17, 15) is 13.2 Å². The van der Waals surface area contributed by atoms with Crippen LogP contribution in [-0.4, -0.2) is 33.7 Å². The first-order valence-electron chi connectivity index (χ1n) is 10.9. The van der Waals surface area contributed by atoms with Gasteiger partial charge in [-0.25, -0.2) is 13.8 Å². The molecular weight excluding hydrogens is 450 g/mol. The zero-order chi connectivity index (χ0) is 24.6. The maximum Gasteiger partial charge on any atom is 0.264 e. The Labute approximate surface area is 201 Å². The fraction of sp³-hybridized carbons (Fsp3) is 0.231. The van der Waals surface area contributed by atoms with Crippen LogP contribution in [0.4, 0.5) is 5.69 Å². The quantitative estimate of drug-likeness (QED) is 0.346. The standard InChI is InChI=1S/C26H29N3O4S/c1-20-9-13-23(14-10-20)29(34(31,32)25-17-15-24(33-3)16-18-25)19-26(30)28-27-21(2)11-12-22-7-5-4-6-8-22/h4-10,13-18H,11-12,19H2,1-3H3,(H,28,30)/b27-21-. The van der Waals surface area contributed by atoms with E-state index < -0.39 is 22.5 Å². The summed E-state index contributed by atoms with van der Waals surface area (Å²) in [6, 6.07) is 23.0. The molecule has 3 aromatic carbocycles. The van der Waals surface area contributed by atoms with Crippen molar-refractivity contribution >= 4 is 27.3 Å². The van der Waals surface area contributed by atoms with Crippen LogP contribution in [0.1, 0.15) is 24.5 Å². The Morgan fingerprint density at radius 2 is 1.62 bits per heavy atom. The molecule has 0 aliphatic rings. The van der Waals surface area contributed by atoms with Crippen LogP contribution >= 0.6 is 0 Å². The highest BCUT2D eigenvalue weighted by atomic mass is 32.2. The second-order valence-electron chi connectivity index (χ2n) is 7.89. The van der Waals surface area contributed by atoms with E-state index >= 15 is 0 Å². The average molecular weight is 480 g/mol. The molecule has 0 aromatic heterocycles. The van der Waals surface area contributed by atoms with Crippen LogP contribution in [0.25, 0.3) is 0 Å². The first kappa shape index (κ1) is 25.0. The van der Waals surface area contributed by atoms with E-state index in [1.807, 2.05) is 44.2 Å². The summed E-state index contributed by atoms with van der Waals surface area (Å²) < 4.78 is 33.0. The number of hydrogen-bond acceptors (Lipinski definition) is 5. The first-order chi connectivity index (χ1) is 16.3. The van der Waals surface area contributed by atoms with Crippen LogP contribution in [0.15, 0.2) is 88.9 Å². The van der Waals surface area contributed by atoms with Crippen molar-refractivity contribution in [3.8, 4) is 5.75 Å². The maximum atomic E-state index is 13.4. The number of hydrazone groups is 1. The second-order valence-corrected chi connectivity index (χ2v) is 9.75. The second kappa shape index (κ2) is 11.5. The van der Waals surface area contributed by atoms with Crippen molar-refractivity contribution in [2.24, 2.45) is 5.10 Å². The Bertz CT molecular complexity index is 1220. The summed E-state index contributed by atoms with van der Waals surface area (Å²) in [5, 5.41) is 4.16. The van der Waals surface area contributed by atoms with Crippen molar-refractivity contribution in [2.45, 2.75) is 31.6 Å². The zero-order valence-corrected chi connectivity index (χ0v) is 20.4. The number of methoxy groups -OCH3 is 1. The normalized spacial score (nSPS) is 11.7. The molecule has 1 N–H and O–H groups in total. The summed E-state index contributed by atoms with van der Waals surface area (Å²) >= 11 is 0. The van der Waals surface area contributed by atoms with Gasteiger partial charge in [0.25, 0.3) is 15.9 Å². The molecule has 0 spiro atoms. The fourth-order valence-electron chi connectivity index (χ4n) is 3.25. The van der Waals surface area contributed by atoms with Crippen LogP contribution in [0.3, 0.4) is 0 Å². The van der Waals surface area contributed by atoms with Crippen molar-refractivity contribution in [2.75, 3.05) is 18.0 Å². The fourth-order valence-corrected chi connectivity index (χ4v) is 4.67. The molecule has 0 unspecified atom stereocenters. The molecule has 7 nitrogen and oxygen atoms in total. The predicted molar refractivity (Wildman–Crippen MR) is 135 cm³/mol. The number of carbonyl (C=O) groups excluding carboxylic acids is 1. The third kappa shape index (κ3) is 6.68. The van der Waals surface area contributed by atoms with Crippen LogP contribution in [0.5, 0.6) is 5.75 Å². The molecule has 0 saturated carbocycles. The van der Waals surface area contributed by atoms with E-state index in [0.717, 1.165) is 22.0 Å². The number of rotatable bonds is 10. The molecule has 0 bridgehead atoms. The van der Waals surface area contributed by atoms with Gasteiger partial charge in [0.1, 0.15) is 12.3 Å². The lowest BCUT2D eigenvalue weighted by atomic mass is 10.1. The molecule has 0 heterocycles.